The third kappa shape index (κ3) is 4.36. The number of carboxylic acids is 1. The number of oxazole rings is 1. The number of rotatable bonds is 7. The molecule has 0 unspecified atom stereocenters. The number of fused-ring (bicyclic) bond motifs is 1. The number of hydrogen-bond donors (Lipinski definition) is 1. The molecular formula is C23H20FN3O5. The van der Waals surface area contributed by atoms with Crippen LogP contribution in [-0.2, 0) is 4.79 Å². The molecular weight excluding hydrogens is 417 g/mol. The second-order valence-corrected chi connectivity index (χ2v) is 7.44. The van der Waals surface area contributed by atoms with Gasteiger partial charge in [-0.3, -0.25) is 0 Å². The van der Waals surface area contributed by atoms with Gasteiger partial charge in [-0.15, -0.1) is 0 Å². The summed E-state index contributed by atoms with van der Waals surface area (Å²) in [6, 6.07) is 9.53. The number of nitrogens with zero attached hydrogens (tertiary/aromatic N) is 3. The lowest BCUT2D eigenvalue weighted by molar-refractivity contribution is -0.139. The smallest absolute Gasteiger partial charge is 0.341 e. The SMILES string of the molecule is Cc1cc(-c2nc3cnc(Oc4ccccc4F)nc3o2)cc(C(C)C)c1OCC(=O)O. The minimum Gasteiger partial charge on any atom is -0.481 e. The van der Waals surface area contributed by atoms with Gasteiger partial charge in [0.2, 0.25) is 5.89 Å². The molecule has 0 saturated heterocycles. The van der Waals surface area contributed by atoms with Gasteiger partial charge in [-0.05, 0) is 48.2 Å². The van der Waals surface area contributed by atoms with Crippen molar-refractivity contribution in [2.24, 2.45) is 0 Å². The van der Waals surface area contributed by atoms with Crippen molar-refractivity contribution in [3.05, 3.63) is 59.5 Å². The number of halogens is 1. The first kappa shape index (κ1) is 21.2. The predicted octanol–water partition coefficient (Wildman–Crippen LogP) is 5.11. The van der Waals surface area contributed by atoms with E-state index in [9.17, 15) is 9.18 Å². The van der Waals surface area contributed by atoms with Crippen molar-refractivity contribution in [1.82, 2.24) is 15.0 Å². The molecule has 0 spiro atoms. The second kappa shape index (κ2) is 8.62. The van der Waals surface area contributed by atoms with Gasteiger partial charge >= 0.3 is 12.0 Å². The van der Waals surface area contributed by atoms with Gasteiger partial charge in [-0.25, -0.2) is 19.2 Å². The van der Waals surface area contributed by atoms with E-state index in [1.807, 2.05) is 26.8 Å². The van der Waals surface area contributed by atoms with Crippen LogP contribution in [0.2, 0.25) is 0 Å². The molecule has 0 fully saturated rings. The number of carboxylic acid groups (broad SMARTS) is 1. The van der Waals surface area contributed by atoms with Crippen molar-refractivity contribution in [2.45, 2.75) is 26.7 Å². The monoisotopic (exact) mass is 437 g/mol. The Kier molecular flexibility index (Phi) is 5.72. The molecule has 0 radical (unpaired) electrons. The van der Waals surface area contributed by atoms with E-state index in [0.717, 1.165) is 11.1 Å². The van der Waals surface area contributed by atoms with E-state index >= 15 is 0 Å². The Hall–Kier alpha value is -4.01. The molecule has 8 nitrogen and oxygen atoms in total. The zero-order chi connectivity index (χ0) is 22.8. The van der Waals surface area contributed by atoms with Crippen LogP contribution in [0.25, 0.3) is 22.7 Å². The molecule has 0 amide bonds. The van der Waals surface area contributed by atoms with E-state index in [0.29, 0.717) is 22.7 Å². The maximum atomic E-state index is 13.8. The standard InChI is InChI=1S/C23H20FN3O5/c1-12(2)15-9-14(8-13(3)20(15)30-11-19(28)29)21-26-17-10-25-23(27-22(17)32-21)31-18-7-5-4-6-16(18)24/h4-10,12H,11H2,1-3H3,(H,28,29). The van der Waals surface area contributed by atoms with Gasteiger partial charge in [0.1, 0.15) is 11.3 Å². The van der Waals surface area contributed by atoms with E-state index < -0.39 is 18.4 Å². The van der Waals surface area contributed by atoms with Crippen LogP contribution in [0.3, 0.4) is 0 Å². The highest BCUT2D eigenvalue weighted by Crippen LogP contribution is 2.35. The lowest BCUT2D eigenvalue weighted by Crippen LogP contribution is -2.12. The van der Waals surface area contributed by atoms with Gasteiger partial charge in [0.25, 0.3) is 5.71 Å². The quantitative estimate of drug-likeness (QED) is 0.425. The number of aromatic nitrogens is 3. The molecule has 0 aliphatic carbocycles. The molecule has 0 aliphatic heterocycles. The highest BCUT2D eigenvalue weighted by atomic mass is 19.1. The number of carbonyl (C=O) groups is 1. The fourth-order valence-corrected chi connectivity index (χ4v) is 3.20. The van der Waals surface area contributed by atoms with Crippen molar-refractivity contribution in [1.29, 1.82) is 0 Å². The van der Waals surface area contributed by atoms with Crippen LogP contribution in [0.4, 0.5) is 4.39 Å². The first-order chi connectivity index (χ1) is 15.3. The highest BCUT2D eigenvalue weighted by molar-refractivity contribution is 5.73. The van der Waals surface area contributed by atoms with Gasteiger partial charge in [0, 0.05) is 5.56 Å². The summed E-state index contributed by atoms with van der Waals surface area (Å²) in [6.07, 6.45) is 1.44. The molecule has 9 heteroatoms. The number of para-hydroxylation sites is 1. The Morgan fingerprint density at radius 1 is 1.22 bits per heavy atom. The number of hydrogen-bond acceptors (Lipinski definition) is 7. The minimum atomic E-state index is -1.05. The molecule has 32 heavy (non-hydrogen) atoms. The molecule has 2 aromatic carbocycles. The summed E-state index contributed by atoms with van der Waals surface area (Å²) < 4.78 is 30.6. The molecule has 1 N–H and O–H groups in total. The Morgan fingerprint density at radius 2 is 2.00 bits per heavy atom. The maximum absolute atomic E-state index is 13.8. The molecule has 2 aromatic heterocycles. The summed E-state index contributed by atoms with van der Waals surface area (Å²) >= 11 is 0. The van der Waals surface area contributed by atoms with E-state index in [1.54, 1.807) is 18.2 Å². The summed E-state index contributed by atoms with van der Waals surface area (Å²) in [5.41, 5.74) is 2.87. The number of aliphatic carboxylic acids is 1. The Morgan fingerprint density at radius 3 is 2.72 bits per heavy atom. The van der Waals surface area contributed by atoms with Crippen molar-refractivity contribution in [2.75, 3.05) is 6.61 Å². The summed E-state index contributed by atoms with van der Waals surface area (Å²) in [7, 11) is 0. The largest absolute Gasteiger partial charge is 0.481 e. The highest BCUT2D eigenvalue weighted by Gasteiger charge is 2.18. The van der Waals surface area contributed by atoms with E-state index in [2.05, 4.69) is 15.0 Å². The Labute approximate surface area is 182 Å². The van der Waals surface area contributed by atoms with Crippen LogP contribution in [0, 0.1) is 12.7 Å². The van der Waals surface area contributed by atoms with Crippen LogP contribution < -0.4 is 9.47 Å². The first-order valence-electron chi connectivity index (χ1n) is 9.87. The Balaban J connectivity index is 1.68. The van der Waals surface area contributed by atoms with Gasteiger partial charge in [-0.2, -0.15) is 4.98 Å². The van der Waals surface area contributed by atoms with Gasteiger partial charge in [0.15, 0.2) is 18.2 Å². The minimum absolute atomic E-state index is 0.000684. The number of benzene rings is 2. The number of ether oxygens (including phenoxy) is 2. The lowest BCUT2D eigenvalue weighted by Gasteiger charge is -2.16. The summed E-state index contributed by atoms with van der Waals surface area (Å²) in [4.78, 5) is 23.6. The fraction of sp³-hybridized carbons (Fsp3) is 0.217. The topological polar surface area (TPSA) is 108 Å². The van der Waals surface area contributed by atoms with E-state index in [-0.39, 0.29) is 23.4 Å². The molecule has 2 heterocycles. The van der Waals surface area contributed by atoms with Crippen molar-refractivity contribution in [3.8, 4) is 29.0 Å². The third-order valence-electron chi connectivity index (χ3n) is 4.68. The van der Waals surface area contributed by atoms with Gasteiger partial charge < -0.3 is 19.0 Å². The van der Waals surface area contributed by atoms with Crippen LogP contribution >= 0.6 is 0 Å². The van der Waals surface area contributed by atoms with Crippen LogP contribution in [0.15, 0.2) is 47.0 Å². The third-order valence-corrected chi connectivity index (χ3v) is 4.68. The summed E-state index contributed by atoms with van der Waals surface area (Å²) in [5.74, 6) is -0.664. The number of aryl methyl sites for hydroxylation is 1. The van der Waals surface area contributed by atoms with E-state index in [1.165, 1.54) is 18.3 Å². The average Bonchev–Trinajstić information content (AvgIpc) is 3.17. The predicted molar refractivity (Wildman–Crippen MR) is 113 cm³/mol. The van der Waals surface area contributed by atoms with Crippen LogP contribution in [-0.4, -0.2) is 32.6 Å². The van der Waals surface area contributed by atoms with Crippen molar-refractivity contribution in [3.63, 3.8) is 0 Å². The van der Waals surface area contributed by atoms with Gasteiger partial charge in [-0.1, -0.05) is 26.0 Å². The normalized spacial score (nSPS) is 11.2. The van der Waals surface area contributed by atoms with E-state index in [4.69, 9.17) is 19.0 Å². The van der Waals surface area contributed by atoms with Crippen LogP contribution in [0.1, 0.15) is 30.9 Å². The molecule has 0 bridgehead atoms. The molecule has 4 rings (SSSR count). The van der Waals surface area contributed by atoms with Gasteiger partial charge in [0.05, 0.1) is 6.20 Å². The second-order valence-electron chi connectivity index (χ2n) is 7.44. The van der Waals surface area contributed by atoms with Crippen molar-refractivity contribution >= 4 is 17.2 Å². The lowest BCUT2D eigenvalue weighted by atomic mass is 9.96. The van der Waals surface area contributed by atoms with Crippen molar-refractivity contribution < 1.29 is 28.2 Å². The first-order valence-corrected chi connectivity index (χ1v) is 9.87. The maximum Gasteiger partial charge on any atom is 0.341 e. The van der Waals surface area contributed by atoms with Crippen LogP contribution in [0.5, 0.6) is 17.5 Å². The Bertz CT molecular complexity index is 1300. The zero-order valence-corrected chi connectivity index (χ0v) is 17.6. The molecule has 0 saturated carbocycles. The summed E-state index contributed by atoms with van der Waals surface area (Å²) in [6.45, 7) is 5.37. The summed E-state index contributed by atoms with van der Waals surface area (Å²) in [5, 5.41) is 8.95. The zero-order valence-electron chi connectivity index (χ0n) is 17.6. The molecule has 0 aliphatic rings. The average molecular weight is 437 g/mol. The molecule has 0 atom stereocenters. The fourth-order valence-electron chi connectivity index (χ4n) is 3.20. The molecule has 4 aromatic rings. The molecule has 164 valence electrons.